The Labute approximate surface area is 105 Å². The van der Waals surface area contributed by atoms with E-state index in [4.69, 9.17) is 5.73 Å². The molecule has 1 aromatic carbocycles. The molecule has 2 rings (SSSR count). The summed E-state index contributed by atoms with van der Waals surface area (Å²) in [6, 6.07) is 6.53. The van der Waals surface area contributed by atoms with Crippen molar-refractivity contribution in [3.8, 4) is 0 Å². The molecule has 1 aromatic heterocycles. The molecule has 0 aliphatic rings. The Kier molecular flexibility index (Phi) is 3.38. The second-order valence-electron chi connectivity index (χ2n) is 3.20. The maximum absolute atomic E-state index is 12.9. The van der Waals surface area contributed by atoms with E-state index in [1.54, 1.807) is 17.4 Å². The Balaban J connectivity index is 2.38. The summed E-state index contributed by atoms with van der Waals surface area (Å²) in [5.74, 6) is -0.222. The van der Waals surface area contributed by atoms with Crippen LogP contribution in [0.4, 0.5) is 4.39 Å². The van der Waals surface area contributed by atoms with Gasteiger partial charge in [-0.2, -0.15) is 11.3 Å². The van der Waals surface area contributed by atoms with Crippen LogP contribution in [-0.4, -0.2) is 0 Å². The molecule has 0 saturated heterocycles. The third-order valence-corrected chi connectivity index (χ3v) is 3.84. The summed E-state index contributed by atoms with van der Waals surface area (Å²) in [7, 11) is 0. The predicted molar refractivity (Wildman–Crippen MR) is 69.5 cm³/mol. The lowest BCUT2D eigenvalue weighted by molar-refractivity contribution is 0.625. The summed E-state index contributed by atoms with van der Waals surface area (Å²) < 4.78 is 13.8. The highest BCUT2D eigenvalue weighted by Crippen LogP contribution is 2.26. The first-order chi connectivity index (χ1) is 7.18. The largest absolute Gasteiger partial charge is 0.320 e. The van der Waals surface area contributed by atoms with Gasteiger partial charge in [-0.1, -0.05) is 6.07 Å². The van der Waals surface area contributed by atoms with Crippen molar-refractivity contribution in [2.24, 2.45) is 5.73 Å². The lowest BCUT2D eigenvalue weighted by Gasteiger charge is -2.12. The van der Waals surface area contributed by atoms with Gasteiger partial charge in [-0.3, -0.25) is 0 Å². The van der Waals surface area contributed by atoms with Crippen molar-refractivity contribution in [1.29, 1.82) is 0 Å². The molecular weight excluding hydrogens is 324 g/mol. The van der Waals surface area contributed by atoms with Crippen LogP contribution in [0, 0.1) is 9.39 Å². The number of benzene rings is 1. The smallest absolute Gasteiger partial charge is 0.124 e. The van der Waals surface area contributed by atoms with Crippen LogP contribution in [-0.2, 0) is 0 Å². The molecule has 0 aliphatic carbocycles. The van der Waals surface area contributed by atoms with E-state index in [2.05, 4.69) is 22.6 Å². The van der Waals surface area contributed by atoms with Gasteiger partial charge in [0.1, 0.15) is 5.82 Å². The molecule has 0 spiro atoms. The molecule has 1 heterocycles. The third-order valence-electron chi connectivity index (χ3n) is 2.20. The lowest BCUT2D eigenvalue weighted by Crippen LogP contribution is -2.12. The molecule has 4 heteroatoms. The van der Waals surface area contributed by atoms with Gasteiger partial charge in [0, 0.05) is 3.57 Å². The lowest BCUT2D eigenvalue weighted by atomic mass is 10.0. The van der Waals surface area contributed by atoms with Crippen LogP contribution >= 0.6 is 33.9 Å². The molecule has 0 saturated carbocycles. The first-order valence-corrected chi connectivity index (χ1v) is 6.43. The fourth-order valence-electron chi connectivity index (χ4n) is 1.39. The van der Waals surface area contributed by atoms with Gasteiger partial charge in [-0.05, 0) is 62.7 Å². The molecule has 78 valence electrons. The molecule has 0 fully saturated rings. The van der Waals surface area contributed by atoms with Crippen molar-refractivity contribution >= 4 is 33.9 Å². The van der Waals surface area contributed by atoms with Gasteiger partial charge in [0.25, 0.3) is 0 Å². The number of hydrogen-bond acceptors (Lipinski definition) is 2. The molecule has 1 atom stereocenters. The molecule has 2 N–H and O–H groups in total. The number of nitrogens with two attached hydrogens (primary N) is 1. The molecule has 0 radical (unpaired) electrons. The minimum absolute atomic E-state index is 0.163. The highest BCUT2D eigenvalue weighted by atomic mass is 127. The second kappa shape index (κ2) is 4.59. The topological polar surface area (TPSA) is 26.0 Å². The van der Waals surface area contributed by atoms with Crippen LogP contribution in [0.2, 0.25) is 0 Å². The second-order valence-corrected chi connectivity index (χ2v) is 5.14. The van der Waals surface area contributed by atoms with Crippen molar-refractivity contribution < 1.29 is 4.39 Å². The molecule has 0 amide bonds. The Morgan fingerprint density at radius 1 is 1.33 bits per heavy atom. The zero-order valence-electron chi connectivity index (χ0n) is 7.78. The molecular formula is C11H9FINS. The molecule has 15 heavy (non-hydrogen) atoms. The van der Waals surface area contributed by atoms with E-state index in [-0.39, 0.29) is 11.9 Å². The van der Waals surface area contributed by atoms with Crippen LogP contribution in [0.25, 0.3) is 0 Å². The predicted octanol–water partition coefficient (Wildman–Crippen LogP) is 3.54. The summed E-state index contributed by atoms with van der Waals surface area (Å²) in [6.45, 7) is 0. The minimum atomic E-state index is -0.222. The van der Waals surface area contributed by atoms with Crippen molar-refractivity contribution in [2.45, 2.75) is 6.04 Å². The van der Waals surface area contributed by atoms with Crippen LogP contribution in [0.1, 0.15) is 17.2 Å². The van der Waals surface area contributed by atoms with Gasteiger partial charge in [-0.25, -0.2) is 4.39 Å². The van der Waals surface area contributed by atoms with E-state index >= 15 is 0 Å². The average molecular weight is 333 g/mol. The number of halogens is 2. The molecule has 0 aliphatic heterocycles. The summed E-state index contributed by atoms with van der Waals surface area (Å²) in [5.41, 5.74) is 8.13. The maximum atomic E-state index is 12.9. The van der Waals surface area contributed by atoms with Gasteiger partial charge in [0.2, 0.25) is 0 Å². The number of rotatable bonds is 2. The Hall–Kier alpha value is -0.460. The fourth-order valence-corrected chi connectivity index (χ4v) is 2.89. The summed E-state index contributed by atoms with van der Waals surface area (Å²) in [5, 5.41) is 4.01. The van der Waals surface area contributed by atoms with Gasteiger partial charge < -0.3 is 5.73 Å². The van der Waals surface area contributed by atoms with Crippen molar-refractivity contribution in [3.05, 3.63) is 55.5 Å². The van der Waals surface area contributed by atoms with Crippen LogP contribution < -0.4 is 5.73 Å². The maximum Gasteiger partial charge on any atom is 0.124 e. The monoisotopic (exact) mass is 333 g/mol. The van der Waals surface area contributed by atoms with Crippen molar-refractivity contribution in [2.75, 3.05) is 0 Å². The molecule has 0 bridgehead atoms. The SMILES string of the molecule is NC(c1ccsc1)c1ccc(F)cc1I. The van der Waals surface area contributed by atoms with E-state index in [1.165, 1.54) is 12.1 Å². The first-order valence-electron chi connectivity index (χ1n) is 4.41. The Morgan fingerprint density at radius 3 is 2.73 bits per heavy atom. The zero-order chi connectivity index (χ0) is 10.8. The average Bonchev–Trinajstić information content (AvgIpc) is 2.69. The minimum Gasteiger partial charge on any atom is -0.320 e. The van der Waals surface area contributed by atoms with Crippen molar-refractivity contribution in [1.82, 2.24) is 0 Å². The number of thiophene rings is 1. The fraction of sp³-hybridized carbons (Fsp3) is 0.0909. The molecule has 1 unspecified atom stereocenters. The van der Waals surface area contributed by atoms with Crippen molar-refractivity contribution in [3.63, 3.8) is 0 Å². The van der Waals surface area contributed by atoms with E-state index in [9.17, 15) is 4.39 Å². The summed E-state index contributed by atoms with van der Waals surface area (Å²) >= 11 is 3.72. The highest BCUT2D eigenvalue weighted by molar-refractivity contribution is 14.1. The van der Waals surface area contributed by atoms with Gasteiger partial charge >= 0.3 is 0 Å². The summed E-state index contributed by atoms with van der Waals surface area (Å²) in [4.78, 5) is 0. The third kappa shape index (κ3) is 2.38. The van der Waals surface area contributed by atoms with E-state index in [0.717, 1.165) is 14.7 Å². The van der Waals surface area contributed by atoms with E-state index in [1.807, 2.05) is 16.8 Å². The number of hydrogen-bond donors (Lipinski definition) is 1. The van der Waals surface area contributed by atoms with Crippen LogP contribution in [0.3, 0.4) is 0 Å². The van der Waals surface area contributed by atoms with Gasteiger partial charge in [-0.15, -0.1) is 0 Å². The molecule has 1 nitrogen and oxygen atoms in total. The quantitative estimate of drug-likeness (QED) is 0.836. The Bertz CT molecular complexity index is 456. The normalized spacial score (nSPS) is 12.7. The zero-order valence-corrected chi connectivity index (χ0v) is 10.8. The van der Waals surface area contributed by atoms with Gasteiger partial charge in [0.05, 0.1) is 6.04 Å². The molecule has 2 aromatic rings. The summed E-state index contributed by atoms with van der Waals surface area (Å²) in [6.07, 6.45) is 0. The van der Waals surface area contributed by atoms with Crippen LogP contribution in [0.15, 0.2) is 35.0 Å². The standard InChI is InChI=1S/C11H9FINS/c12-8-1-2-9(10(13)5-8)11(14)7-3-4-15-6-7/h1-6,11H,14H2. The highest BCUT2D eigenvalue weighted by Gasteiger charge is 2.12. The van der Waals surface area contributed by atoms with Gasteiger partial charge in [0.15, 0.2) is 0 Å². The van der Waals surface area contributed by atoms with E-state index in [0.29, 0.717) is 0 Å². The van der Waals surface area contributed by atoms with Crippen LogP contribution in [0.5, 0.6) is 0 Å². The van der Waals surface area contributed by atoms with E-state index < -0.39 is 0 Å². The Morgan fingerprint density at radius 2 is 2.13 bits per heavy atom. The first kappa shape index (κ1) is 11.0.